The van der Waals surface area contributed by atoms with E-state index in [9.17, 15) is 33.6 Å². The highest BCUT2D eigenvalue weighted by atomic mass is 31.2. The van der Waals surface area contributed by atoms with Crippen LogP contribution < -0.4 is 32.4 Å². The number of nitrogens with zero attached hydrogens (tertiary/aromatic N) is 6. The number of nitrogens with two attached hydrogens (primary N) is 2. The minimum absolute atomic E-state index is 0.0115. The molecule has 0 amide bonds. The summed E-state index contributed by atoms with van der Waals surface area (Å²) in [5.74, 6) is -1.35. The Kier molecular flexibility index (Phi) is 7.41. The molecule has 46 heavy (non-hydrogen) atoms. The summed E-state index contributed by atoms with van der Waals surface area (Å²) in [6.45, 7) is -0.143. The fourth-order valence-corrected chi connectivity index (χ4v) is 7.62. The lowest BCUT2D eigenvalue weighted by Crippen LogP contribution is -2.39. The van der Waals surface area contributed by atoms with Crippen molar-refractivity contribution < 1.29 is 51.6 Å². The molecule has 3 aliphatic rings. The van der Waals surface area contributed by atoms with Crippen molar-refractivity contribution in [3.8, 4) is 0 Å². The van der Waals surface area contributed by atoms with Gasteiger partial charge in [-0.25, -0.2) is 9.97 Å². The summed E-state index contributed by atoms with van der Waals surface area (Å²) in [5.41, 5.74) is 9.61. The van der Waals surface area contributed by atoms with E-state index < -0.39 is 88.9 Å². The van der Waals surface area contributed by atoms with Crippen molar-refractivity contribution >= 4 is 49.9 Å². The van der Waals surface area contributed by atoms with Crippen LogP contribution in [0.4, 0.5) is 11.9 Å². The Morgan fingerprint density at radius 1 is 0.848 bits per heavy atom. The maximum Gasteiger partial charge on any atom is 0.280 e. The normalized spacial score (nSPS) is 37.1. The zero-order valence-corrected chi connectivity index (χ0v) is 25.1. The number of phosphoric acid groups is 2. The van der Waals surface area contributed by atoms with Crippen molar-refractivity contribution in [2.75, 3.05) is 24.7 Å². The second-order valence-electron chi connectivity index (χ2n) is 10.7. The molecule has 7 heterocycles. The van der Waals surface area contributed by atoms with Gasteiger partial charge in [0.1, 0.15) is 36.7 Å². The van der Waals surface area contributed by atoms with Gasteiger partial charge in [-0.1, -0.05) is 6.92 Å². The summed E-state index contributed by atoms with van der Waals surface area (Å²) < 4.78 is 60.9. The number of rotatable bonds is 2. The maximum absolute atomic E-state index is 13.1. The first-order chi connectivity index (χ1) is 21.7. The van der Waals surface area contributed by atoms with Gasteiger partial charge in [-0.2, -0.15) is 9.97 Å². The Labute approximate surface area is 254 Å². The van der Waals surface area contributed by atoms with Gasteiger partial charge in [-0.15, -0.1) is 0 Å². The average Bonchev–Trinajstić information content (AvgIpc) is 3.72. The van der Waals surface area contributed by atoms with Crippen LogP contribution >= 0.6 is 15.6 Å². The van der Waals surface area contributed by atoms with E-state index in [1.54, 1.807) is 0 Å². The van der Waals surface area contributed by atoms with Crippen LogP contribution in [0.1, 0.15) is 19.4 Å². The van der Waals surface area contributed by atoms with E-state index >= 15 is 0 Å². The van der Waals surface area contributed by atoms with E-state index in [0.717, 1.165) is 10.9 Å². The third-order valence-corrected chi connectivity index (χ3v) is 9.64. The molecule has 0 aromatic carbocycles. The van der Waals surface area contributed by atoms with Crippen LogP contribution in [0.25, 0.3) is 22.3 Å². The molecule has 7 N–H and O–H groups in total. The van der Waals surface area contributed by atoms with Gasteiger partial charge in [-0.3, -0.25) is 37.8 Å². The minimum Gasteiger partial charge on any atom is -0.756 e. The molecule has 3 fully saturated rings. The maximum atomic E-state index is 13.1. The number of phosphoric ester groups is 2. The van der Waals surface area contributed by atoms with Gasteiger partial charge in [-0.05, 0) is 0 Å². The molecule has 10 atom stereocenters. The fourth-order valence-electron chi connectivity index (χ4n) is 5.66. The molecule has 0 bridgehead atoms. The van der Waals surface area contributed by atoms with E-state index in [4.69, 9.17) is 39.0 Å². The van der Waals surface area contributed by atoms with Crippen molar-refractivity contribution in [1.29, 1.82) is 0 Å². The Bertz CT molecular complexity index is 1900. The van der Waals surface area contributed by atoms with E-state index in [2.05, 4.69) is 29.9 Å². The first-order valence-electron chi connectivity index (χ1n) is 13.4. The van der Waals surface area contributed by atoms with Crippen LogP contribution in [-0.4, -0.2) is 87.9 Å². The predicted octanol–water partition coefficient (Wildman–Crippen LogP) is -3.04. The van der Waals surface area contributed by atoms with Crippen molar-refractivity contribution in [2.24, 2.45) is 5.92 Å². The number of hydrogen-bond donors (Lipinski definition) is 5. The molecular weight excluding hydrogens is 662 g/mol. The van der Waals surface area contributed by atoms with Crippen LogP contribution in [0.3, 0.4) is 0 Å². The number of nitrogen functional groups attached to an aromatic ring is 2. The number of ether oxygens (including phenoxy) is 2. The molecule has 4 unspecified atom stereocenters. The minimum atomic E-state index is -5.28. The zero-order chi connectivity index (χ0) is 32.7. The highest BCUT2D eigenvalue weighted by Crippen LogP contribution is 2.52. The molecule has 23 nitrogen and oxygen atoms in total. The van der Waals surface area contributed by atoms with Gasteiger partial charge in [0.05, 0.1) is 25.9 Å². The van der Waals surface area contributed by atoms with E-state index in [1.165, 1.54) is 17.8 Å². The van der Waals surface area contributed by atoms with E-state index in [0.29, 0.717) is 0 Å². The monoisotopic (exact) mass is 686 g/mol. The van der Waals surface area contributed by atoms with Crippen molar-refractivity contribution in [1.82, 2.24) is 39.0 Å². The van der Waals surface area contributed by atoms with Gasteiger partial charge in [0, 0.05) is 5.92 Å². The van der Waals surface area contributed by atoms with Crippen LogP contribution in [0.2, 0.25) is 0 Å². The molecule has 0 saturated carbocycles. The molecule has 0 spiro atoms. The van der Waals surface area contributed by atoms with Crippen LogP contribution in [0.15, 0.2) is 22.2 Å². The number of imidazole rings is 2. The molecule has 4 aromatic rings. The highest BCUT2D eigenvalue weighted by Gasteiger charge is 2.51. The SMILES string of the molecule is CC1[C@H]2OP(=O)([O-])OC[C@@H]3O[C@@H](n4cnc5c(=O)[nH]c(N)nc54)C(O)[C@H]3OP(=O)([O-])OC[C@@H]2O[C@H]1n1cnc2c(=O)[nH]c(N)nc21. The topological polar surface area (TPSA) is 335 Å². The van der Waals surface area contributed by atoms with Crippen LogP contribution in [0, 0.1) is 5.92 Å². The van der Waals surface area contributed by atoms with Crippen molar-refractivity contribution in [2.45, 2.75) is 49.9 Å². The first kappa shape index (κ1) is 31.0. The number of nitrogens with one attached hydrogen (secondary N) is 2. The Morgan fingerprint density at radius 2 is 1.30 bits per heavy atom. The van der Waals surface area contributed by atoms with Crippen molar-refractivity contribution in [3.63, 3.8) is 0 Å². The number of aromatic amines is 2. The Morgan fingerprint density at radius 3 is 1.85 bits per heavy atom. The summed E-state index contributed by atoms with van der Waals surface area (Å²) >= 11 is 0. The standard InChI is InChI=1S/C21H26N10O13P2/c1-6-12-7(41-18(6)30-4-24-9-14(30)26-20(22)28-16(9)33)2-39-46(37,38)44-13-8(3-40-45(35,36)43-12)42-19(11(13)32)31-5-25-10-15(31)27-21(23)29-17(10)34/h4-8,11-13,18-19,32H,2-3H2,1H3,(H,35,36)(H,37,38)(H3,22,26,28,33)(H3,23,27,29,34)/p-2/t6?,7-,8-,11?,12+,13-,18+,19+/m0/s1. The number of aromatic nitrogens is 8. The highest BCUT2D eigenvalue weighted by molar-refractivity contribution is 7.46. The summed E-state index contributed by atoms with van der Waals surface area (Å²) in [4.78, 5) is 71.1. The molecule has 7 rings (SSSR count). The molecule has 25 heteroatoms. The summed E-state index contributed by atoms with van der Waals surface area (Å²) in [7, 11) is -10.5. The zero-order valence-electron chi connectivity index (χ0n) is 23.3. The van der Waals surface area contributed by atoms with Gasteiger partial charge in [0.15, 0.2) is 28.6 Å². The van der Waals surface area contributed by atoms with Gasteiger partial charge < -0.3 is 53.9 Å². The average molecular weight is 686 g/mol. The molecule has 0 aliphatic carbocycles. The number of aliphatic hydroxyl groups is 1. The number of aliphatic hydroxyl groups excluding tert-OH is 1. The molecular formula is C21H24N10O13P2-2. The van der Waals surface area contributed by atoms with Gasteiger partial charge >= 0.3 is 0 Å². The fraction of sp³-hybridized carbons (Fsp3) is 0.524. The summed E-state index contributed by atoms with van der Waals surface area (Å²) in [6, 6.07) is 0. The van der Waals surface area contributed by atoms with Crippen molar-refractivity contribution in [3.05, 3.63) is 33.4 Å². The third kappa shape index (κ3) is 5.34. The molecule has 3 aliphatic heterocycles. The number of anilines is 2. The molecule has 0 radical (unpaired) electrons. The smallest absolute Gasteiger partial charge is 0.280 e. The van der Waals surface area contributed by atoms with Crippen LogP contribution in [0.5, 0.6) is 0 Å². The predicted molar refractivity (Wildman–Crippen MR) is 145 cm³/mol. The Hall–Kier alpha value is -3.60. The lowest BCUT2D eigenvalue weighted by atomic mass is 10.0. The summed E-state index contributed by atoms with van der Waals surface area (Å²) in [6.07, 6.45) is -8.13. The van der Waals surface area contributed by atoms with Gasteiger partial charge in [0.25, 0.3) is 26.8 Å². The van der Waals surface area contributed by atoms with Crippen LogP contribution in [-0.2, 0) is 36.7 Å². The van der Waals surface area contributed by atoms with E-state index in [-0.39, 0.29) is 34.2 Å². The first-order valence-corrected chi connectivity index (χ1v) is 16.3. The Balaban J connectivity index is 1.18. The van der Waals surface area contributed by atoms with Gasteiger partial charge in [0.2, 0.25) is 11.9 Å². The second-order valence-corrected chi connectivity index (χ2v) is 13.4. The third-order valence-electron chi connectivity index (χ3n) is 7.70. The lowest BCUT2D eigenvalue weighted by Gasteiger charge is -2.34. The number of H-pyrrole nitrogens is 2. The second kappa shape index (κ2) is 11.0. The van der Waals surface area contributed by atoms with E-state index in [1.807, 2.05) is 0 Å². The lowest BCUT2D eigenvalue weighted by molar-refractivity contribution is -0.244. The largest absolute Gasteiger partial charge is 0.756 e. The molecule has 3 saturated heterocycles. The number of hydrogen-bond acceptors (Lipinski definition) is 19. The number of fused-ring (bicyclic) bond motifs is 4. The summed E-state index contributed by atoms with van der Waals surface area (Å²) in [5, 5.41) is 11.1. The molecule has 4 aromatic heterocycles. The molecule has 248 valence electrons. The quantitative estimate of drug-likeness (QED) is 0.131.